The van der Waals surface area contributed by atoms with Crippen molar-refractivity contribution in [3.05, 3.63) is 23.3 Å². The molecule has 2 radical (unpaired) electrons. The zero-order chi connectivity index (χ0) is 11.5. The van der Waals surface area contributed by atoms with Crippen LogP contribution in [-0.2, 0) is 0 Å². The second-order valence-electron chi connectivity index (χ2n) is 5.83. The standard InChI is InChI=1S/C15H23B/c1-11-4-3-5-13(8-11)14-7-6-12(2)9-15(16)10-14/h11,15H,2-10H2,1H3/b14-13-. The lowest BCUT2D eigenvalue weighted by Gasteiger charge is -2.24. The van der Waals surface area contributed by atoms with Crippen LogP contribution in [0.15, 0.2) is 23.3 Å². The van der Waals surface area contributed by atoms with Crippen molar-refractivity contribution in [3.63, 3.8) is 0 Å². The van der Waals surface area contributed by atoms with Gasteiger partial charge in [0.15, 0.2) is 0 Å². The van der Waals surface area contributed by atoms with Gasteiger partial charge in [0.1, 0.15) is 0 Å². The first-order valence-corrected chi connectivity index (χ1v) is 6.77. The van der Waals surface area contributed by atoms with Gasteiger partial charge in [0, 0.05) is 0 Å². The van der Waals surface area contributed by atoms with E-state index >= 15 is 0 Å². The SMILES string of the molecule is [B]C1CC(=C)CC/C(=C2\CCCC(C)C2)C1. The third-order valence-electron chi connectivity index (χ3n) is 4.11. The molecule has 0 spiro atoms. The van der Waals surface area contributed by atoms with Crippen LogP contribution in [0.4, 0.5) is 0 Å². The van der Waals surface area contributed by atoms with E-state index in [0.29, 0.717) is 5.82 Å². The number of hydrogen-bond acceptors (Lipinski definition) is 0. The first-order chi connectivity index (χ1) is 7.65. The minimum Gasteiger partial charge on any atom is -0.0999 e. The Balaban J connectivity index is 2.11. The molecule has 0 aromatic rings. The molecule has 0 aromatic carbocycles. The summed E-state index contributed by atoms with van der Waals surface area (Å²) in [6.45, 7) is 6.50. The Morgan fingerprint density at radius 2 is 1.81 bits per heavy atom. The Labute approximate surface area is 102 Å². The molecule has 2 unspecified atom stereocenters. The third-order valence-corrected chi connectivity index (χ3v) is 4.11. The van der Waals surface area contributed by atoms with E-state index in [2.05, 4.69) is 13.5 Å². The molecular weight excluding hydrogens is 191 g/mol. The molecule has 2 saturated carbocycles. The molecule has 2 aliphatic rings. The molecule has 0 N–H and O–H groups in total. The fourth-order valence-corrected chi connectivity index (χ4v) is 3.22. The fraction of sp³-hybridized carbons (Fsp3) is 0.733. The first kappa shape index (κ1) is 12.0. The molecule has 0 aromatic heterocycles. The quantitative estimate of drug-likeness (QED) is 0.314. The zero-order valence-corrected chi connectivity index (χ0v) is 10.6. The summed E-state index contributed by atoms with van der Waals surface area (Å²) < 4.78 is 0. The summed E-state index contributed by atoms with van der Waals surface area (Å²) in [6.07, 6.45) is 10.0. The van der Waals surface area contributed by atoms with Gasteiger partial charge in [0.05, 0.1) is 7.85 Å². The van der Waals surface area contributed by atoms with Gasteiger partial charge in [0.25, 0.3) is 0 Å². The van der Waals surface area contributed by atoms with E-state index in [9.17, 15) is 0 Å². The van der Waals surface area contributed by atoms with Crippen molar-refractivity contribution in [2.45, 2.75) is 64.1 Å². The topological polar surface area (TPSA) is 0 Å². The molecule has 2 atom stereocenters. The maximum Gasteiger partial charge on any atom is 0.0708 e. The summed E-state index contributed by atoms with van der Waals surface area (Å²) in [6, 6.07) is 0. The Kier molecular flexibility index (Phi) is 3.94. The lowest BCUT2D eigenvalue weighted by molar-refractivity contribution is 0.447. The van der Waals surface area contributed by atoms with Gasteiger partial charge in [-0.15, -0.1) is 0 Å². The average Bonchev–Trinajstić information content (AvgIpc) is 2.39. The van der Waals surface area contributed by atoms with Gasteiger partial charge in [-0.2, -0.15) is 0 Å². The first-order valence-electron chi connectivity index (χ1n) is 6.77. The summed E-state index contributed by atoms with van der Waals surface area (Å²) in [7, 11) is 6.16. The number of hydrogen-bond donors (Lipinski definition) is 0. The van der Waals surface area contributed by atoms with Crippen molar-refractivity contribution in [2.24, 2.45) is 5.92 Å². The Morgan fingerprint density at radius 1 is 1.06 bits per heavy atom. The Bertz CT molecular complexity index is 301. The number of allylic oxidation sites excluding steroid dienone is 3. The third kappa shape index (κ3) is 3.03. The van der Waals surface area contributed by atoms with Crippen molar-refractivity contribution in [2.75, 3.05) is 0 Å². The molecule has 0 aliphatic heterocycles. The largest absolute Gasteiger partial charge is 0.0999 e. The summed E-state index contributed by atoms with van der Waals surface area (Å²) >= 11 is 0. The van der Waals surface area contributed by atoms with Gasteiger partial charge in [-0.05, 0) is 50.9 Å². The predicted molar refractivity (Wildman–Crippen MR) is 71.8 cm³/mol. The summed E-state index contributed by atoms with van der Waals surface area (Å²) in [5.41, 5.74) is 4.77. The molecule has 2 fully saturated rings. The molecule has 0 amide bonds. The van der Waals surface area contributed by atoms with Crippen LogP contribution in [0.1, 0.15) is 58.3 Å². The smallest absolute Gasteiger partial charge is 0.0708 e. The highest BCUT2D eigenvalue weighted by Gasteiger charge is 2.20. The Hall–Kier alpha value is -0.455. The zero-order valence-electron chi connectivity index (χ0n) is 10.6. The molecule has 0 bridgehead atoms. The van der Waals surface area contributed by atoms with E-state index in [0.717, 1.165) is 18.8 Å². The van der Waals surface area contributed by atoms with Crippen LogP contribution in [0.5, 0.6) is 0 Å². The maximum absolute atomic E-state index is 6.16. The van der Waals surface area contributed by atoms with Crippen LogP contribution in [0.25, 0.3) is 0 Å². The highest BCUT2D eigenvalue weighted by Crippen LogP contribution is 2.38. The highest BCUT2D eigenvalue weighted by atomic mass is 14.2. The second-order valence-corrected chi connectivity index (χ2v) is 5.83. The minimum absolute atomic E-state index is 0.328. The molecule has 2 aliphatic carbocycles. The van der Waals surface area contributed by atoms with Gasteiger partial charge in [-0.1, -0.05) is 42.5 Å². The second kappa shape index (κ2) is 5.25. The molecule has 16 heavy (non-hydrogen) atoms. The van der Waals surface area contributed by atoms with Gasteiger partial charge < -0.3 is 0 Å². The van der Waals surface area contributed by atoms with Crippen molar-refractivity contribution in [3.8, 4) is 0 Å². The van der Waals surface area contributed by atoms with Crippen LogP contribution in [0, 0.1) is 5.92 Å². The summed E-state index contributed by atoms with van der Waals surface area (Å²) in [5, 5.41) is 0. The molecular formula is C15H23B. The number of rotatable bonds is 0. The maximum atomic E-state index is 6.16. The van der Waals surface area contributed by atoms with Gasteiger partial charge in [-0.3, -0.25) is 0 Å². The van der Waals surface area contributed by atoms with E-state index < -0.39 is 0 Å². The van der Waals surface area contributed by atoms with Gasteiger partial charge in [0.2, 0.25) is 0 Å². The van der Waals surface area contributed by atoms with Gasteiger partial charge >= 0.3 is 0 Å². The lowest BCUT2D eigenvalue weighted by Crippen LogP contribution is -2.07. The molecule has 1 heteroatoms. The van der Waals surface area contributed by atoms with E-state index in [1.165, 1.54) is 44.1 Å². The molecule has 86 valence electrons. The van der Waals surface area contributed by atoms with Crippen LogP contribution in [0.2, 0.25) is 5.82 Å². The van der Waals surface area contributed by atoms with E-state index in [1.807, 2.05) is 0 Å². The van der Waals surface area contributed by atoms with E-state index in [1.54, 1.807) is 11.1 Å². The van der Waals surface area contributed by atoms with Crippen molar-refractivity contribution in [1.29, 1.82) is 0 Å². The van der Waals surface area contributed by atoms with Gasteiger partial charge in [-0.25, -0.2) is 0 Å². The lowest BCUT2D eigenvalue weighted by atomic mass is 9.76. The summed E-state index contributed by atoms with van der Waals surface area (Å²) in [5.74, 6) is 1.22. The highest BCUT2D eigenvalue weighted by molar-refractivity contribution is 6.12. The molecule has 0 saturated heterocycles. The normalized spacial score (nSPS) is 37.2. The summed E-state index contributed by atoms with van der Waals surface area (Å²) in [4.78, 5) is 0. The van der Waals surface area contributed by atoms with Crippen LogP contribution in [0.3, 0.4) is 0 Å². The van der Waals surface area contributed by atoms with Crippen molar-refractivity contribution < 1.29 is 0 Å². The fourth-order valence-electron chi connectivity index (χ4n) is 3.22. The van der Waals surface area contributed by atoms with E-state index in [-0.39, 0.29) is 0 Å². The van der Waals surface area contributed by atoms with Crippen LogP contribution in [-0.4, -0.2) is 7.85 Å². The predicted octanol–water partition coefficient (Wildman–Crippen LogP) is 4.58. The van der Waals surface area contributed by atoms with Crippen molar-refractivity contribution >= 4 is 7.85 Å². The molecule has 0 heterocycles. The molecule has 0 nitrogen and oxygen atoms in total. The molecule has 2 rings (SSSR count). The monoisotopic (exact) mass is 214 g/mol. The van der Waals surface area contributed by atoms with Crippen LogP contribution < -0.4 is 0 Å². The van der Waals surface area contributed by atoms with Crippen LogP contribution >= 0.6 is 0 Å². The average molecular weight is 214 g/mol. The van der Waals surface area contributed by atoms with E-state index in [4.69, 9.17) is 7.85 Å². The van der Waals surface area contributed by atoms with Crippen molar-refractivity contribution in [1.82, 2.24) is 0 Å². The Morgan fingerprint density at radius 3 is 2.56 bits per heavy atom. The minimum atomic E-state index is 0.328.